The van der Waals surface area contributed by atoms with E-state index in [1.807, 2.05) is 0 Å². The van der Waals surface area contributed by atoms with Crippen molar-refractivity contribution in [3.8, 4) is 0 Å². The van der Waals surface area contributed by atoms with Gasteiger partial charge in [-0.05, 0) is 32.2 Å². The molecule has 0 amide bonds. The van der Waals surface area contributed by atoms with E-state index in [1.165, 1.54) is 45.1 Å². The van der Waals surface area contributed by atoms with Gasteiger partial charge in [0, 0.05) is 11.3 Å². The number of nitrogens with zero attached hydrogens (tertiary/aromatic N) is 1. The Bertz CT molecular complexity index is 183. The summed E-state index contributed by atoms with van der Waals surface area (Å²) in [5.41, 5.74) is 0. The van der Waals surface area contributed by atoms with Gasteiger partial charge in [-0.1, -0.05) is 12.8 Å². The Balaban J connectivity index is 1.79. The van der Waals surface area contributed by atoms with Gasteiger partial charge in [0.2, 0.25) is 0 Å². The molecule has 0 radical (unpaired) electrons. The minimum atomic E-state index is 0.929. The lowest BCUT2D eigenvalue weighted by Crippen LogP contribution is -2.37. The van der Waals surface area contributed by atoms with Gasteiger partial charge in [0.05, 0.1) is 5.37 Å². The summed E-state index contributed by atoms with van der Waals surface area (Å²) >= 11 is 2.29. The molecule has 1 aliphatic carbocycles. The molecule has 1 nitrogen and oxygen atoms in total. The lowest BCUT2D eigenvalue weighted by molar-refractivity contribution is 0.206. The van der Waals surface area contributed by atoms with Crippen LogP contribution in [0.2, 0.25) is 0 Å². The first-order chi connectivity index (χ1) is 5.95. The average molecular weight is 183 g/mol. The Morgan fingerprint density at radius 1 is 1.00 bits per heavy atom. The van der Waals surface area contributed by atoms with Crippen LogP contribution in [0.4, 0.5) is 0 Å². The second kappa shape index (κ2) is 2.91. The second-order valence-corrected chi connectivity index (χ2v) is 5.78. The predicted octanol–water partition coefficient (Wildman–Crippen LogP) is 2.47. The molecule has 0 aromatic carbocycles. The van der Waals surface area contributed by atoms with Crippen LogP contribution in [0.5, 0.6) is 0 Å². The molecule has 3 unspecified atom stereocenters. The molecule has 3 aliphatic rings. The maximum absolute atomic E-state index is 2.80. The van der Waals surface area contributed by atoms with Crippen LogP contribution in [0.25, 0.3) is 0 Å². The van der Waals surface area contributed by atoms with Crippen molar-refractivity contribution < 1.29 is 0 Å². The average Bonchev–Trinajstić information content (AvgIpc) is 2.62. The molecule has 68 valence electrons. The van der Waals surface area contributed by atoms with E-state index in [9.17, 15) is 0 Å². The fraction of sp³-hybridized carbons (Fsp3) is 1.00. The number of hydrogen-bond donors (Lipinski definition) is 0. The third kappa shape index (κ3) is 1.04. The zero-order chi connectivity index (χ0) is 7.97. The van der Waals surface area contributed by atoms with Crippen molar-refractivity contribution in [1.82, 2.24) is 4.90 Å². The summed E-state index contributed by atoms with van der Waals surface area (Å²) in [6, 6.07) is 0.983. The Kier molecular flexibility index (Phi) is 1.87. The highest BCUT2D eigenvalue weighted by atomic mass is 32.2. The van der Waals surface area contributed by atoms with Gasteiger partial charge in [-0.15, -0.1) is 11.8 Å². The van der Waals surface area contributed by atoms with Crippen LogP contribution in [0.1, 0.15) is 38.5 Å². The zero-order valence-electron chi connectivity index (χ0n) is 7.54. The zero-order valence-corrected chi connectivity index (χ0v) is 8.35. The summed E-state index contributed by atoms with van der Waals surface area (Å²) in [5, 5.41) is 1.95. The molecule has 1 saturated carbocycles. The Hall–Kier alpha value is 0.310. The third-order valence-electron chi connectivity index (χ3n) is 3.66. The molecule has 12 heavy (non-hydrogen) atoms. The summed E-state index contributed by atoms with van der Waals surface area (Å²) in [6.45, 7) is 1.40. The van der Waals surface area contributed by atoms with Crippen LogP contribution in [0.15, 0.2) is 0 Å². The van der Waals surface area contributed by atoms with Gasteiger partial charge in [0.1, 0.15) is 0 Å². The summed E-state index contributed by atoms with van der Waals surface area (Å²) in [4.78, 5) is 2.80. The fourth-order valence-corrected chi connectivity index (χ4v) is 5.00. The van der Waals surface area contributed by atoms with Crippen LogP contribution >= 0.6 is 11.8 Å². The highest BCUT2D eigenvalue weighted by Crippen LogP contribution is 2.47. The lowest BCUT2D eigenvalue weighted by Gasteiger charge is -2.29. The summed E-state index contributed by atoms with van der Waals surface area (Å²) in [5.74, 6) is 0. The van der Waals surface area contributed by atoms with E-state index in [2.05, 4.69) is 16.7 Å². The van der Waals surface area contributed by atoms with E-state index in [-0.39, 0.29) is 0 Å². The SMILES string of the molecule is C1CCC2C(C1)SC1CCCN12. The van der Waals surface area contributed by atoms with Gasteiger partial charge < -0.3 is 0 Å². The normalized spacial score (nSPS) is 47.5. The third-order valence-corrected chi connectivity index (χ3v) is 5.38. The lowest BCUT2D eigenvalue weighted by atomic mass is 9.94. The predicted molar refractivity (Wildman–Crippen MR) is 53.4 cm³/mol. The Morgan fingerprint density at radius 2 is 1.92 bits per heavy atom. The molecule has 2 heterocycles. The molecule has 3 rings (SSSR count). The van der Waals surface area contributed by atoms with Crippen molar-refractivity contribution in [1.29, 1.82) is 0 Å². The standard InChI is InChI=1S/C10H17NS/c1-2-5-9-8(4-1)11-7-3-6-10(11)12-9/h8-10H,1-7H2. The molecule has 2 heteroatoms. The Morgan fingerprint density at radius 3 is 2.92 bits per heavy atom. The summed E-state index contributed by atoms with van der Waals surface area (Å²) < 4.78 is 0. The van der Waals surface area contributed by atoms with Gasteiger partial charge in [-0.25, -0.2) is 0 Å². The largest absolute Gasteiger partial charge is 0.287 e. The topological polar surface area (TPSA) is 3.24 Å². The number of hydrogen-bond acceptors (Lipinski definition) is 2. The fourth-order valence-electron chi connectivity index (χ4n) is 3.10. The molecule has 2 saturated heterocycles. The van der Waals surface area contributed by atoms with Crippen molar-refractivity contribution in [2.75, 3.05) is 6.54 Å². The molecule has 0 N–H and O–H groups in total. The molecular weight excluding hydrogens is 166 g/mol. The van der Waals surface area contributed by atoms with Crippen LogP contribution in [0.3, 0.4) is 0 Å². The number of rotatable bonds is 0. The van der Waals surface area contributed by atoms with Crippen LogP contribution in [0, 0.1) is 0 Å². The highest BCUT2D eigenvalue weighted by molar-refractivity contribution is 8.00. The van der Waals surface area contributed by atoms with Crippen molar-refractivity contribution in [3.63, 3.8) is 0 Å². The molecule has 0 aromatic heterocycles. The van der Waals surface area contributed by atoms with E-state index in [4.69, 9.17) is 0 Å². The maximum Gasteiger partial charge on any atom is 0.0564 e. The molecule has 2 aliphatic heterocycles. The van der Waals surface area contributed by atoms with E-state index in [0.717, 1.165) is 16.7 Å². The first-order valence-electron chi connectivity index (χ1n) is 5.36. The first-order valence-corrected chi connectivity index (χ1v) is 6.30. The van der Waals surface area contributed by atoms with Crippen LogP contribution < -0.4 is 0 Å². The molecular formula is C10H17NS. The second-order valence-electron chi connectivity index (χ2n) is 4.36. The summed E-state index contributed by atoms with van der Waals surface area (Å²) in [7, 11) is 0. The molecule has 0 bridgehead atoms. The monoisotopic (exact) mass is 183 g/mol. The summed E-state index contributed by atoms with van der Waals surface area (Å²) in [6.07, 6.45) is 8.91. The van der Waals surface area contributed by atoms with E-state index >= 15 is 0 Å². The first kappa shape index (κ1) is 7.69. The molecule has 0 aromatic rings. The molecule has 0 spiro atoms. The Labute approximate surface area is 78.9 Å². The number of thioether (sulfide) groups is 1. The van der Waals surface area contributed by atoms with Gasteiger partial charge in [-0.2, -0.15) is 0 Å². The van der Waals surface area contributed by atoms with E-state index < -0.39 is 0 Å². The quantitative estimate of drug-likeness (QED) is 0.567. The maximum atomic E-state index is 2.80. The molecule has 3 atom stereocenters. The molecule has 3 fully saturated rings. The van der Waals surface area contributed by atoms with Gasteiger partial charge in [0.25, 0.3) is 0 Å². The smallest absolute Gasteiger partial charge is 0.0564 e. The van der Waals surface area contributed by atoms with Crippen LogP contribution in [-0.4, -0.2) is 28.1 Å². The van der Waals surface area contributed by atoms with Gasteiger partial charge in [-0.3, -0.25) is 4.90 Å². The van der Waals surface area contributed by atoms with Crippen molar-refractivity contribution in [3.05, 3.63) is 0 Å². The minimum absolute atomic E-state index is 0.929. The van der Waals surface area contributed by atoms with Crippen molar-refractivity contribution in [2.45, 2.75) is 55.2 Å². The number of fused-ring (bicyclic) bond motifs is 3. The van der Waals surface area contributed by atoms with Gasteiger partial charge in [0.15, 0.2) is 0 Å². The van der Waals surface area contributed by atoms with E-state index in [1.54, 1.807) is 0 Å². The highest BCUT2D eigenvalue weighted by Gasteiger charge is 2.44. The van der Waals surface area contributed by atoms with Crippen molar-refractivity contribution >= 4 is 11.8 Å². The van der Waals surface area contributed by atoms with Crippen LogP contribution in [-0.2, 0) is 0 Å². The van der Waals surface area contributed by atoms with Gasteiger partial charge >= 0.3 is 0 Å². The van der Waals surface area contributed by atoms with Crippen molar-refractivity contribution in [2.24, 2.45) is 0 Å². The minimum Gasteiger partial charge on any atom is -0.287 e. The van der Waals surface area contributed by atoms with E-state index in [0.29, 0.717) is 0 Å².